The molecule has 4 nitrogen and oxygen atoms in total. The Kier molecular flexibility index (Phi) is 3.93. The minimum absolute atomic E-state index is 0.153. The van der Waals surface area contributed by atoms with Crippen molar-refractivity contribution in [3.8, 4) is 0 Å². The lowest BCUT2D eigenvalue weighted by molar-refractivity contribution is -0.496. The van der Waals surface area contributed by atoms with Crippen LogP contribution in [0.2, 0.25) is 0 Å². The molecule has 0 saturated heterocycles. The molecular formula is C15H14N2O2. The normalized spacial score (nSPS) is 10.7. The number of hydrogen-bond acceptors (Lipinski definition) is 3. The van der Waals surface area contributed by atoms with Gasteiger partial charge in [-0.1, -0.05) is 42.5 Å². The van der Waals surface area contributed by atoms with Gasteiger partial charge < -0.3 is 5.73 Å². The van der Waals surface area contributed by atoms with Crippen molar-refractivity contribution in [2.24, 2.45) is 0 Å². The Balaban J connectivity index is 2.16. The molecule has 2 rings (SSSR count). The fourth-order valence-electron chi connectivity index (χ4n) is 1.80. The smallest absolute Gasteiger partial charge is 0.228 e. The van der Waals surface area contributed by atoms with Crippen LogP contribution in [-0.4, -0.2) is 4.92 Å². The summed E-state index contributed by atoms with van der Waals surface area (Å²) >= 11 is 0. The maximum atomic E-state index is 10.5. The van der Waals surface area contributed by atoms with E-state index in [0.717, 1.165) is 11.1 Å². The summed E-state index contributed by atoms with van der Waals surface area (Å²) in [5.41, 5.74) is 9.04. The van der Waals surface area contributed by atoms with Crippen molar-refractivity contribution in [2.45, 2.75) is 6.54 Å². The highest BCUT2D eigenvalue weighted by atomic mass is 16.6. The SMILES string of the molecule is Nc1cccc(/C=C/c2cccc(C[N+](=O)[O-])c2)c1. The zero-order chi connectivity index (χ0) is 13.7. The van der Waals surface area contributed by atoms with Crippen molar-refractivity contribution in [3.63, 3.8) is 0 Å². The molecule has 0 saturated carbocycles. The summed E-state index contributed by atoms with van der Waals surface area (Å²) in [6.07, 6.45) is 3.85. The molecule has 96 valence electrons. The molecule has 0 heterocycles. The number of nitrogens with two attached hydrogens (primary N) is 1. The largest absolute Gasteiger partial charge is 0.399 e. The number of rotatable bonds is 4. The average Bonchev–Trinajstić information content (AvgIpc) is 2.36. The summed E-state index contributed by atoms with van der Waals surface area (Å²) < 4.78 is 0. The molecule has 2 aromatic carbocycles. The lowest BCUT2D eigenvalue weighted by Crippen LogP contribution is -1.97. The summed E-state index contributed by atoms with van der Waals surface area (Å²) in [5, 5.41) is 10.5. The van der Waals surface area contributed by atoms with Gasteiger partial charge in [0.1, 0.15) is 0 Å². The van der Waals surface area contributed by atoms with E-state index in [1.165, 1.54) is 0 Å². The summed E-state index contributed by atoms with van der Waals surface area (Å²) in [6.45, 7) is -0.153. The molecule has 0 aliphatic rings. The topological polar surface area (TPSA) is 69.2 Å². The Hall–Kier alpha value is -2.62. The predicted molar refractivity (Wildman–Crippen MR) is 76.9 cm³/mol. The Morgan fingerprint density at radius 3 is 2.32 bits per heavy atom. The van der Waals surface area contributed by atoms with Gasteiger partial charge in [0.05, 0.1) is 0 Å². The third-order valence-corrected chi connectivity index (χ3v) is 2.64. The first-order valence-electron chi connectivity index (χ1n) is 5.88. The van der Waals surface area contributed by atoms with Crippen molar-refractivity contribution >= 4 is 17.8 Å². The van der Waals surface area contributed by atoms with Crippen molar-refractivity contribution in [3.05, 3.63) is 75.3 Å². The number of hydrogen-bond donors (Lipinski definition) is 1. The second kappa shape index (κ2) is 5.82. The van der Waals surface area contributed by atoms with E-state index in [-0.39, 0.29) is 11.5 Å². The van der Waals surface area contributed by atoms with Crippen LogP contribution in [0.25, 0.3) is 12.2 Å². The van der Waals surface area contributed by atoms with Crippen molar-refractivity contribution in [2.75, 3.05) is 5.73 Å². The molecular weight excluding hydrogens is 240 g/mol. The Labute approximate surface area is 111 Å². The molecule has 0 amide bonds. The molecule has 0 radical (unpaired) electrons. The van der Waals surface area contributed by atoms with E-state index in [2.05, 4.69) is 0 Å². The van der Waals surface area contributed by atoms with Gasteiger partial charge in [-0.2, -0.15) is 0 Å². The van der Waals surface area contributed by atoms with Gasteiger partial charge >= 0.3 is 0 Å². The first kappa shape index (κ1) is 12.8. The second-order valence-electron chi connectivity index (χ2n) is 4.24. The third-order valence-electron chi connectivity index (χ3n) is 2.64. The van der Waals surface area contributed by atoms with Crippen LogP contribution in [0.15, 0.2) is 48.5 Å². The Morgan fingerprint density at radius 1 is 1.05 bits per heavy atom. The summed E-state index contributed by atoms with van der Waals surface area (Å²) in [7, 11) is 0. The van der Waals surface area contributed by atoms with Crippen LogP contribution in [0.3, 0.4) is 0 Å². The molecule has 4 heteroatoms. The highest BCUT2D eigenvalue weighted by Gasteiger charge is 2.00. The van der Waals surface area contributed by atoms with E-state index in [1.54, 1.807) is 6.07 Å². The van der Waals surface area contributed by atoms with E-state index in [9.17, 15) is 10.1 Å². The summed E-state index contributed by atoms with van der Waals surface area (Å²) in [4.78, 5) is 10.1. The highest BCUT2D eigenvalue weighted by molar-refractivity contribution is 5.71. The van der Waals surface area contributed by atoms with Crippen LogP contribution in [0.4, 0.5) is 5.69 Å². The maximum Gasteiger partial charge on any atom is 0.228 e. The highest BCUT2D eigenvalue weighted by Crippen LogP contribution is 2.13. The minimum Gasteiger partial charge on any atom is -0.399 e. The van der Waals surface area contributed by atoms with E-state index in [0.29, 0.717) is 11.3 Å². The predicted octanol–water partition coefficient (Wildman–Crippen LogP) is 3.22. The van der Waals surface area contributed by atoms with Crippen LogP contribution in [0.1, 0.15) is 16.7 Å². The van der Waals surface area contributed by atoms with Gasteiger partial charge in [-0.25, -0.2) is 0 Å². The zero-order valence-electron chi connectivity index (χ0n) is 10.3. The molecule has 0 aliphatic heterocycles. The molecule has 0 spiro atoms. The fourth-order valence-corrected chi connectivity index (χ4v) is 1.80. The molecule has 0 aromatic heterocycles. The number of nitrogen functional groups attached to an aromatic ring is 1. The van der Waals surface area contributed by atoms with Gasteiger partial charge in [0.25, 0.3) is 0 Å². The molecule has 2 N–H and O–H groups in total. The summed E-state index contributed by atoms with van der Waals surface area (Å²) in [5.74, 6) is 0. The van der Waals surface area contributed by atoms with E-state index < -0.39 is 0 Å². The number of nitrogens with zero attached hydrogens (tertiary/aromatic N) is 1. The third kappa shape index (κ3) is 3.96. The molecule has 0 fully saturated rings. The van der Waals surface area contributed by atoms with Gasteiger partial charge in [-0.3, -0.25) is 10.1 Å². The van der Waals surface area contributed by atoms with Crippen LogP contribution in [0.5, 0.6) is 0 Å². The standard InChI is InChI=1S/C15H14N2O2/c16-15-6-2-4-13(10-15)8-7-12-3-1-5-14(9-12)11-17(18)19/h1-10H,11,16H2/b8-7+. The fraction of sp³-hybridized carbons (Fsp3) is 0.0667. The Bertz CT molecular complexity index is 621. The zero-order valence-corrected chi connectivity index (χ0v) is 10.3. The van der Waals surface area contributed by atoms with Gasteiger partial charge in [-0.05, 0) is 29.3 Å². The van der Waals surface area contributed by atoms with Crippen LogP contribution >= 0.6 is 0 Å². The van der Waals surface area contributed by atoms with E-state index >= 15 is 0 Å². The lowest BCUT2D eigenvalue weighted by Gasteiger charge is -1.99. The average molecular weight is 254 g/mol. The van der Waals surface area contributed by atoms with E-state index in [1.807, 2.05) is 54.6 Å². The van der Waals surface area contributed by atoms with E-state index in [4.69, 9.17) is 5.73 Å². The number of anilines is 1. The maximum absolute atomic E-state index is 10.5. The van der Waals surface area contributed by atoms with Crippen molar-refractivity contribution < 1.29 is 4.92 Å². The van der Waals surface area contributed by atoms with Gasteiger partial charge in [0.2, 0.25) is 6.54 Å². The second-order valence-corrected chi connectivity index (χ2v) is 4.24. The Morgan fingerprint density at radius 2 is 1.68 bits per heavy atom. The molecule has 19 heavy (non-hydrogen) atoms. The lowest BCUT2D eigenvalue weighted by atomic mass is 10.1. The molecule has 0 aliphatic carbocycles. The number of benzene rings is 2. The number of nitro groups is 1. The first-order valence-corrected chi connectivity index (χ1v) is 5.88. The van der Waals surface area contributed by atoms with Crippen molar-refractivity contribution in [1.29, 1.82) is 0 Å². The van der Waals surface area contributed by atoms with Gasteiger partial charge in [0.15, 0.2) is 0 Å². The minimum atomic E-state index is -0.333. The molecule has 0 atom stereocenters. The quantitative estimate of drug-likeness (QED) is 0.394. The van der Waals surface area contributed by atoms with Gasteiger partial charge in [-0.15, -0.1) is 0 Å². The van der Waals surface area contributed by atoms with Crippen molar-refractivity contribution in [1.82, 2.24) is 0 Å². The van der Waals surface area contributed by atoms with Crippen LogP contribution in [-0.2, 0) is 6.54 Å². The first-order chi connectivity index (χ1) is 9.13. The molecule has 2 aromatic rings. The van der Waals surface area contributed by atoms with Crippen LogP contribution in [0, 0.1) is 10.1 Å². The monoisotopic (exact) mass is 254 g/mol. The van der Waals surface area contributed by atoms with Crippen LogP contribution < -0.4 is 5.73 Å². The molecule has 0 bridgehead atoms. The molecule has 0 unspecified atom stereocenters. The summed E-state index contributed by atoms with van der Waals surface area (Å²) in [6, 6.07) is 14.8. The van der Waals surface area contributed by atoms with Gasteiger partial charge in [0, 0.05) is 16.2 Å².